The van der Waals surface area contributed by atoms with Crippen molar-refractivity contribution in [3.8, 4) is 0 Å². The molecule has 1 aromatic carbocycles. The van der Waals surface area contributed by atoms with Crippen LogP contribution >= 0.6 is 0 Å². The summed E-state index contributed by atoms with van der Waals surface area (Å²) in [4.78, 5) is 12.9. The molecule has 62 valence electrons. The van der Waals surface area contributed by atoms with E-state index in [9.17, 15) is 4.79 Å². The fraction of sp³-hybridized carbons (Fsp3) is 0.200. The van der Waals surface area contributed by atoms with Crippen LogP contribution in [0, 0.1) is 6.92 Å². The first-order valence-electron chi connectivity index (χ1n) is 3.69. The van der Waals surface area contributed by atoms with E-state index in [0.29, 0.717) is 11.1 Å². The Hall–Kier alpha value is -1.31. The van der Waals surface area contributed by atoms with Gasteiger partial charge < -0.3 is 4.90 Å². The Morgan fingerprint density at radius 2 is 1.92 bits per heavy atom. The third kappa shape index (κ3) is 1.64. The molecule has 1 aromatic rings. The number of amides is 1. The van der Waals surface area contributed by atoms with Gasteiger partial charge in [0.15, 0.2) is 0 Å². The molecule has 0 fully saturated rings. The van der Waals surface area contributed by atoms with Gasteiger partial charge in [0.05, 0.1) is 0 Å². The van der Waals surface area contributed by atoms with E-state index < -0.39 is 0 Å². The second-order valence-corrected chi connectivity index (χ2v) is 2.79. The Kier molecular flexibility index (Phi) is 2.48. The number of hydrogen-bond donors (Lipinski definition) is 0. The lowest BCUT2D eigenvalue weighted by molar-refractivity contribution is 0.0827. The molecule has 12 heavy (non-hydrogen) atoms. The molecule has 1 amide bonds. The largest absolute Gasteiger partial charge is 0.345 e. The van der Waals surface area contributed by atoms with Crippen LogP contribution in [0.4, 0.5) is 0 Å². The Balaban J connectivity index is 3.03. The molecule has 0 aliphatic heterocycles. The summed E-state index contributed by atoms with van der Waals surface area (Å²) in [6.45, 7) is 5.61. The fourth-order valence-electron chi connectivity index (χ4n) is 0.933. The number of carbonyl (C=O) groups excluding carboxylic acids is 1. The van der Waals surface area contributed by atoms with E-state index in [1.807, 2.05) is 6.07 Å². The molecule has 0 aliphatic rings. The van der Waals surface area contributed by atoms with E-state index >= 15 is 0 Å². The van der Waals surface area contributed by atoms with Gasteiger partial charge in [-0.2, -0.15) is 0 Å². The normalized spacial score (nSPS) is 9.58. The molecule has 0 aromatic heterocycles. The smallest absolute Gasteiger partial charge is 0.253 e. The highest BCUT2D eigenvalue weighted by atomic mass is 16.2. The van der Waals surface area contributed by atoms with Crippen LogP contribution in [0.15, 0.2) is 24.3 Å². The Bertz CT molecular complexity index is 292. The van der Waals surface area contributed by atoms with Crippen molar-refractivity contribution in [3.63, 3.8) is 0 Å². The highest BCUT2D eigenvalue weighted by molar-refractivity contribution is 5.95. The van der Waals surface area contributed by atoms with Crippen LogP contribution in [-0.2, 0) is 0 Å². The van der Waals surface area contributed by atoms with Crippen molar-refractivity contribution >= 4 is 5.91 Å². The first-order valence-corrected chi connectivity index (χ1v) is 3.69. The highest BCUT2D eigenvalue weighted by Crippen LogP contribution is 2.08. The molecular weight excluding hydrogens is 150 g/mol. The predicted molar refractivity (Wildman–Crippen MR) is 47.9 cm³/mol. The van der Waals surface area contributed by atoms with Crippen LogP contribution in [-0.4, -0.2) is 24.9 Å². The molecule has 0 aliphatic carbocycles. The molecule has 0 atom stereocenters. The summed E-state index contributed by atoms with van der Waals surface area (Å²) in [6.07, 6.45) is 0. The standard InChI is InChI=1S/C10H11NO/c1-8-6-4-5-7-9(8)10(12)11(2)3/h1,4-7H,2-3H3. The zero-order chi connectivity index (χ0) is 9.14. The van der Waals surface area contributed by atoms with Gasteiger partial charge in [-0.25, -0.2) is 0 Å². The van der Waals surface area contributed by atoms with Gasteiger partial charge in [-0.3, -0.25) is 4.79 Å². The monoisotopic (exact) mass is 161 g/mol. The Morgan fingerprint density at radius 1 is 1.33 bits per heavy atom. The Labute approximate surface area is 72.8 Å². The van der Waals surface area contributed by atoms with Gasteiger partial charge >= 0.3 is 0 Å². The molecule has 0 heterocycles. The quantitative estimate of drug-likeness (QED) is 0.610. The molecule has 2 heteroatoms. The van der Waals surface area contributed by atoms with E-state index in [2.05, 4.69) is 0 Å². The van der Waals surface area contributed by atoms with Gasteiger partial charge in [-0.05, 0) is 18.6 Å². The van der Waals surface area contributed by atoms with Gasteiger partial charge in [0, 0.05) is 19.7 Å². The van der Waals surface area contributed by atoms with Crippen molar-refractivity contribution in [2.45, 2.75) is 0 Å². The van der Waals surface area contributed by atoms with E-state index in [1.165, 1.54) is 4.90 Å². The first-order chi connectivity index (χ1) is 5.63. The van der Waals surface area contributed by atoms with Gasteiger partial charge in [0.25, 0.3) is 5.91 Å². The lowest BCUT2D eigenvalue weighted by Gasteiger charge is -2.11. The van der Waals surface area contributed by atoms with Crippen LogP contribution in [0.2, 0.25) is 0 Å². The molecule has 0 N–H and O–H groups in total. The minimum absolute atomic E-state index is 0.0619. The summed E-state index contributed by atoms with van der Waals surface area (Å²) >= 11 is 0. The summed E-state index contributed by atoms with van der Waals surface area (Å²) in [6, 6.07) is 7.04. The molecule has 0 spiro atoms. The van der Waals surface area contributed by atoms with Gasteiger partial charge in [-0.1, -0.05) is 18.2 Å². The highest BCUT2D eigenvalue weighted by Gasteiger charge is 2.08. The number of nitrogens with zero attached hydrogens (tertiary/aromatic N) is 1. The molecule has 1 rings (SSSR count). The molecular formula is C10H11NO. The fourth-order valence-corrected chi connectivity index (χ4v) is 0.933. The van der Waals surface area contributed by atoms with E-state index in [0.717, 1.165) is 0 Å². The number of rotatable bonds is 1. The maximum Gasteiger partial charge on any atom is 0.253 e. The Morgan fingerprint density at radius 3 is 2.42 bits per heavy atom. The van der Waals surface area contributed by atoms with Crippen molar-refractivity contribution < 1.29 is 4.79 Å². The summed E-state index contributed by atoms with van der Waals surface area (Å²) in [7, 11) is 3.41. The zero-order valence-corrected chi connectivity index (χ0v) is 7.24. The van der Waals surface area contributed by atoms with Crippen LogP contribution in [0.25, 0.3) is 0 Å². The lowest BCUT2D eigenvalue weighted by Crippen LogP contribution is -2.22. The van der Waals surface area contributed by atoms with E-state index in [4.69, 9.17) is 6.92 Å². The molecule has 0 saturated heterocycles. The summed E-state index contributed by atoms with van der Waals surface area (Å²) in [5.74, 6) is -0.0619. The number of benzene rings is 1. The SMILES string of the molecule is [CH]c1ccccc1C(=O)N(C)C. The third-order valence-electron chi connectivity index (χ3n) is 1.60. The molecule has 0 bridgehead atoms. The first kappa shape index (κ1) is 8.78. The maximum absolute atomic E-state index is 11.4. The maximum atomic E-state index is 11.4. The van der Waals surface area contributed by atoms with Crippen LogP contribution in [0.1, 0.15) is 15.9 Å². The second-order valence-electron chi connectivity index (χ2n) is 2.79. The van der Waals surface area contributed by atoms with Crippen molar-refractivity contribution in [2.75, 3.05) is 14.1 Å². The average molecular weight is 161 g/mol. The van der Waals surface area contributed by atoms with Gasteiger partial charge in [0.1, 0.15) is 0 Å². The van der Waals surface area contributed by atoms with Crippen LogP contribution < -0.4 is 0 Å². The summed E-state index contributed by atoms with van der Waals surface area (Å²) in [5, 5.41) is 0. The van der Waals surface area contributed by atoms with Gasteiger partial charge in [0.2, 0.25) is 0 Å². The third-order valence-corrected chi connectivity index (χ3v) is 1.60. The zero-order valence-electron chi connectivity index (χ0n) is 7.24. The summed E-state index contributed by atoms with van der Waals surface area (Å²) in [5.41, 5.74) is 1.08. The molecule has 2 nitrogen and oxygen atoms in total. The van der Waals surface area contributed by atoms with Crippen LogP contribution in [0.3, 0.4) is 0 Å². The molecule has 2 radical (unpaired) electrons. The van der Waals surface area contributed by atoms with Crippen LogP contribution in [0.5, 0.6) is 0 Å². The van der Waals surface area contributed by atoms with E-state index in [1.54, 1.807) is 32.3 Å². The van der Waals surface area contributed by atoms with Gasteiger partial charge in [-0.15, -0.1) is 0 Å². The lowest BCUT2D eigenvalue weighted by atomic mass is 10.1. The van der Waals surface area contributed by atoms with Crippen molar-refractivity contribution in [2.24, 2.45) is 0 Å². The molecule has 0 saturated carbocycles. The van der Waals surface area contributed by atoms with E-state index in [-0.39, 0.29) is 5.91 Å². The minimum Gasteiger partial charge on any atom is -0.345 e. The average Bonchev–Trinajstić information content (AvgIpc) is 2.04. The molecule has 0 unspecified atom stereocenters. The van der Waals surface area contributed by atoms with Crippen molar-refractivity contribution in [1.29, 1.82) is 0 Å². The number of carbonyl (C=O) groups is 1. The minimum atomic E-state index is -0.0619. The summed E-state index contributed by atoms with van der Waals surface area (Å²) < 4.78 is 0. The predicted octanol–water partition coefficient (Wildman–Crippen LogP) is 1.45. The second kappa shape index (κ2) is 3.39. The number of hydrogen-bond acceptors (Lipinski definition) is 1. The van der Waals surface area contributed by atoms with Crippen molar-refractivity contribution in [1.82, 2.24) is 4.90 Å². The topological polar surface area (TPSA) is 20.3 Å². The van der Waals surface area contributed by atoms with Crippen molar-refractivity contribution in [3.05, 3.63) is 42.3 Å².